The molecule has 1 aliphatic heterocycles. The Morgan fingerprint density at radius 1 is 1.10 bits per heavy atom. The van der Waals surface area contributed by atoms with Gasteiger partial charge in [0, 0.05) is 30.9 Å². The van der Waals surface area contributed by atoms with Crippen molar-refractivity contribution in [2.24, 2.45) is 0 Å². The Kier molecular flexibility index (Phi) is 8.08. The molecule has 1 aliphatic rings. The molecule has 0 unspecified atom stereocenters. The molecule has 0 bridgehead atoms. The van der Waals surface area contributed by atoms with Crippen LogP contribution in [0, 0.1) is 0 Å². The molecular formula is C22H20N4O3S2. The molecule has 9 heteroatoms. The third-order valence-electron chi connectivity index (χ3n) is 4.25. The average Bonchev–Trinajstić information content (AvgIpc) is 3.06. The van der Waals surface area contributed by atoms with Gasteiger partial charge in [-0.3, -0.25) is 35.1 Å². The quantitative estimate of drug-likeness (QED) is 0.381. The zero-order valence-corrected chi connectivity index (χ0v) is 18.1. The van der Waals surface area contributed by atoms with Gasteiger partial charge in [-0.1, -0.05) is 66.5 Å². The summed E-state index contributed by atoms with van der Waals surface area (Å²) >= 11 is 6.54. The van der Waals surface area contributed by atoms with Crippen molar-refractivity contribution in [1.29, 1.82) is 0 Å². The molecule has 0 radical (unpaired) electrons. The van der Waals surface area contributed by atoms with Crippen LogP contribution in [0.25, 0.3) is 6.08 Å². The number of rotatable bonds is 7. The molecular weight excluding hydrogens is 432 g/mol. The topological polar surface area (TPSA) is 91.4 Å². The Balaban J connectivity index is 1.42. The normalized spacial score (nSPS) is 15.0. The van der Waals surface area contributed by atoms with Crippen molar-refractivity contribution in [2.45, 2.75) is 12.8 Å². The third kappa shape index (κ3) is 6.59. The van der Waals surface area contributed by atoms with E-state index in [-0.39, 0.29) is 18.2 Å². The van der Waals surface area contributed by atoms with E-state index in [0.717, 1.165) is 5.56 Å². The van der Waals surface area contributed by atoms with E-state index >= 15 is 0 Å². The standard InChI is InChI=1S/C22H20N4O3S2/c27-19(24-25-20(28)17-11-13-23-14-12-17)10-5-15-26-21(29)18(31-22(26)30)9-4-8-16-6-2-1-3-7-16/h1-4,6-9,11-14H,5,10,15H2,(H,24,27)(H,25,28)/b8-4+,18-9-. The fourth-order valence-electron chi connectivity index (χ4n) is 2.68. The van der Waals surface area contributed by atoms with Crippen LogP contribution in [0.1, 0.15) is 28.8 Å². The molecule has 2 heterocycles. The van der Waals surface area contributed by atoms with Gasteiger partial charge in [0.1, 0.15) is 4.32 Å². The smallest absolute Gasteiger partial charge is 0.269 e. The van der Waals surface area contributed by atoms with Crippen molar-refractivity contribution < 1.29 is 14.4 Å². The Morgan fingerprint density at radius 2 is 1.84 bits per heavy atom. The number of nitrogens with one attached hydrogen (secondary N) is 2. The summed E-state index contributed by atoms with van der Waals surface area (Å²) in [4.78, 5) is 42.3. The number of benzene rings is 1. The lowest BCUT2D eigenvalue weighted by molar-refractivity contribution is -0.124. The molecule has 0 atom stereocenters. The van der Waals surface area contributed by atoms with Gasteiger partial charge in [0.2, 0.25) is 5.91 Å². The minimum Gasteiger partial charge on any atom is -0.293 e. The number of aromatic nitrogens is 1. The van der Waals surface area contributed by atoms with Crippen LogP contribution in [0.5, 0.6) is 0 Å². The summed E-state index contributed by atoms with van der Waals surface area (Å²) in [5.74, 6) is -0.949. The zero-order valence-electron chi connectivity index (χ0n) is 16.5. The van der Waals surface area contributed by atoms with Crippen molar-refractivity contribution >= 4 is 52.1 Å². The number of carbonyl (C=O) groups excluding carboxylic acids is 3. The third-order valence-corrected chi connectivity index (χ3v) is 5.65. The van der Waals surface area contributed by atoms with Gasteiger partial charge in [-0.2, -0.15) is 0 Å². The highest BCUT2D eigenvalue weighted by Gasteiger charge is 2.31. The van der Waals surface area contributed by atoms with Gasteiger partial charge in [-0.25, -0.2) is 0 Å². The lowest BCUT2D eigenvalue weighted by Crippen LogP contribution is -2.41. The minimum atomic E-state index is -0.429. The highest BCUT2D eigenvalue weighted by molar-refractivity contribution is 8.26. The van der Waals surface area contributed by atoms with Gasteiger partial charge in [-0.15, -0.1) is 0 Å². The van der Waals surface area contributed by atoms with Crippen molar-refractivity contribution in [3.8, 4) is 0 Å². The minimum absolute atomic E-state index is 0.140. The first-order valence-corrected chi connectivity index (χ1v) is 10.7. The van der Waals surface area contributed by atoms with Crippen LogP contribution in [-0.2, 0) is 9.59 Å². The maximum absolute atomic E-state index is 12.6. The first kappa shape index (κ1) is 22.4. The average molecular weight is 453 g/mol. The molecule has 3 rings (SSSR count). The molecule has 0 spiro atoms. The fourth-order valence-corrected chi connectivity index (χ4v) is 3.94. The Bertz CT molecular complexity index is 1020. The number of hydrogen-bond acceptors (Lipinski definition) is 6. The molecule has 3 amide bonds. The molecule has 2 aromatic rings. The number of nitrogens with zero attached hydrogens (tertiary/aromatic N) is 2. The van der Waals surface area contributed by atoms with Gasteiger partial charge >= 0.3 is 0 Å². The van der Waals surface area contributed by atoms with E-state index in [1.54, 1.807) is 18.2 Å². The molecule has 31 heavy (non-hydrogen) atoms. The largest absolute Gasteiger partial charge is 0.293 e. The second kappa shape index (κ2) is 11.2. The number of thioether (sulfide) groups is 1. The van der Waals surface area contributed by atoms with Gasteiger partial charge in [0.25, 0.3) is 11.8 Å². The van der Waals surface area contributed by atoms with Crippen molar-refractivity contribution in [1.82, 2.24) is 20.7 Å². The first-order chi connectivity index (χ1) is 15.0. The van der Waals surface area contributed by atoms with Gasteiger partial charge < -0.3 is 0 Å². The molecule has 1 saturated heterocycles. The van der Waals surface area contributed by atoms with Crippen molar-refractivity contribution in [3.05, 3.63) is 83.0 Å². The molecule has 7 nitrogen and oxygen atoms in total. The summed E-state index contributed by atoms with van der Waals surface area (Å²) in [6.07, 6.45) is 9.01. The molecule has 158 valence electrons. The Labute approximate surface area is 189 Å². The predicted molar refractivity (Wildman–Crippen MR) is 125 cm³/mol. The molecule has 0 aliphatic carbocycles. The fraction of sp³-hybridized carbons (Fsp3) is 0.136. The highest BCUT2D eigenvalue weighted by Crippen LogP contribution is 2.31. The molecule has 2 N–H and O–H groups in total. The number of carbonyl (C=O) groups is 3. The van der Waals surface area contributed by atoms with E-state index in [2.05, 4.69) is 15.8 Å². The van der Waals surface area contributed by atoms with Crippen molar-refractivity contribution in [3.63, 3.8) is 0 Å². The number of hydrazine groups is 1. The predicted octanol–water partition coefficient (Wildman–Crippen LogP) is 3.08. The van der Waals surface area contributed by atoms with E-state index in [9.17, 15) is 14.4 Å². The number of pyridine rings is 1. The summed E-state index contributed by atoms with van der Waals surface area (Å²) < 4.78 is 0.468. The van der Waals surface area contributed by atoms with Gasteiger partial charge in [0.05, 0.1) is 4.91 Å². The number of allylic oxidation sites excluding steroid dienone is 2. The summed E-state index contributed by atoms with van der Waals surface area (Å²) in [7, 11) is 0. The maximum atomic E-state index is 12.6. The monoisotopic (exact) mass is 452 g/mol. The second-order valence-electron chi connectivity index (χ2n) is 6.47. The SMILES string of the molecule is O=C(CCCN1C(=O)/C(=C/C=C/c2ccccc2)SC1=S)NNC(=O)c1ccncc1. The van der Waals surface area contributed by atoms with Crippen LogP contribution >= 0.6 is 24.0 Å². The molecule has 1 fully saturated rings. The van der Waals surface area contributed by atoms with Crippen LogP contribution in [0.3, 0.4) is 0 Å². The summed E-state index contributed by atoms with van der Waals surface area (Å²) in [5.41, 5.74) is 6.13. The molecule has 0 saturated carbocycles. The molecule has 1 aromatic carbocycles. The van der Waals surface area contributed by atoms with E-state index in [1.807, 2.05) is 42.5 Å². The van der Waals surface area contributed by atoms with Crippen molar-refractivity contribution in [2.75, 3.05) is 6.54 Å². The van der Waals surface area contributed by atoms with Crippen LogP contribution < -0.4 is 10.9 Å². The lowest BCUT2D eigenvalue weighted by Gasteiger charge is -2.14. The summed E-state index contributed by atoms with van der Waals surface area (Å²) in [6.45, 7) is 0.329. The summed E-state index contributed by atoms with van der Waals surface area (Å²) in [6, 6.07) is 12.9. The second-order valence-corrected chi connectivity index (χ2v) is 8.14. The van der Waals surface area contributed by atoms with Crippen LogP contribution in [0.2, 0.25) is 0 Å². The van der Waals surface area contributed by atoms with E-state index in [1.165, 1.54) is 29.1 Å². The number of hydrogen-bond donors (Lipinski definition) is 2. The maximum Gasteiger partial charge on any atom is 0.269 e. The van der Waals surface area contributed by atoms with Crippen LogP contribution in [-0.4, -0.2) is 38.5 Å². The van der Waals surface area contributed by atoms with E-state index in [4.69, 9.17) is 12.2 Å². The first-order valence-electron chi connectivity index (χ1n) is 9.51. The Hall–Kier alpha value is -3.30. The van der Waals surface area contributed by atoms with Gasteiger partial charge in [-0.05, 0) is 30.2 Å². The van der Waals surface area contributed by atoms with Crippen LogP contribution in [0.4, 0.5) is 0 Å². The number of amides is 3. The van der Waals surface area contributed by atoms with Gasteiger partial charge in [0.15, 0.2) is 0 Å². The van der Waals surface area contributed by atoms with E-state index in [0.29, 0.717) is 27.8 Å². The summed E-state index contributed by atoms with van der Waals surface area (Å²) in [5, 5.41) is 0. The number of thiocarbonyl (C=S) groups is 1. The molecule has 1 aromatic heterocycles. The Morgan fingerprint density at radius 3 is 2.58 bits per heavy atom. The van der Waals surface area contributed by atoms with Crippen LogP contribution in [0.15, 0.2) is 71.9 Å². The van der Waals surface area contributed by atoms with E-state index < -0.39 is 5.91 Å². The zero-order chi connectivity index (χ0) is 22.1. The lowest BCUT2D eigenvalue weighted by atomic mass is 10.2. The highest BCUT2D eigenvalue weighted by atomic mass is 32.2.